The molecule has 0 saturated carbocycles. The molecule has 0 amide bonds. The van der Waals surface area contributed by atoms with Gasteiger partial charge in [0.2, 0.25) is 0 Å². The van der Waals surface area contributed by atoms with E-state index in [1.54, 1.807) is 0 Å². The summed E-state index contributed by atoms with van der Waals surface area (Å²) >= 11 is 5.29. The summed E-state index contributed by atoms with van der Waals surface area (Å²) in [6.45, 7) is 3.09. The van der Waals surface area contributed by atoms with Crippen molar-refractivity contribution in [2.75, 3.05) is 11.9 Å². The third-order valence-corrected chi connectivity index (χ3v) is 3.10. The minimum absolute atomic E-state index is 0.694. The molecule has 2 rings (SSSR count). The summed E-state index contributed by atoms with van der Waals surface area (Å²) in [4.78, 5) is 0. The van der Waals surface area contributed by atoms with Gasteiger partial charge in [0.1, 0.15) is 0 Å². The van der Waals surface area contributed by atoms with Crippen molar-refractivity contribution in [3.63, 3.8) is 0 Å². The first-order chi connectivity index (χ1) is 8.81. The number of rotatable bonds is 4. The summed E-state index contributed by atoms with van der Waals surface area (Å²) in [7, 11) is 0. The van der Waals surface area contributed by atoms with Gasteiger partial charge >= 0.3 is 0 Å². The van der Waals surface area contributed by atoms with Crippen LogP contribution in [0.4, 0.5) is 5.69 Å². The van der Waals surface area contributed by atoms with Gasteiger partial charge in [0.15, 0.2) is 5.11 Å². The van der Waals surface area contributed by atoms with Gasteiger partial charge in [0.05, 0.1) is 0 Å². The lowest BCUT2D eigenvalue weighted by Crippen LogP contribution is -2.29. The lowest BCUT2D eigenvalue weighted by molar-refractivity contribution is 0.758. The molecule has 0 aliphatic rings. The van der Waals surface area contributed by atoms with Gasteiger partial charge in [0.25, 0.3) is 0 Å². The number of hydrogen-bond acceptors (Lipinski definition) is 1. The largest absolute Gasteiger partial charge is 0.362 e. The second-order valence-corrected chi connectivity index (χ2v) is 4.67. The number of fused-ring (bicyclic) bond motifs is 1. The fourth-order valence-electron chi connectivity index (χ4n) is 1.88. The highest BCUT2D eigenvalue weighted by Crippen LogP contribution is 2.22. The van der Waals surface area contributed by atoms with Crippen molar-refractivity contribution >= 4 is 33.8 Å². The highest BCUT2D eigenvalue weighted by atomic mass is 32.1. The van der Waals surface area contributed by atoms with Crippen molar-refractivity contribution in [1.29, 1.82) is 0 Å². The molecule has 0 fully saturated rings. The summed E-state index contributed by atoms with van der Waals surface area (Å²) in [5, 5.41) is 9.59. The molecule has 0 aliphatic heterocycles. The maximum absolute atomic E-state index is 5.29. The zero-order valence-corrected chi connectivity index (χ0v) is 11.4. The fourth-order valence-corrected chi connectivity index (χ4v) is 2.09. The third kappa shape index (κ3) is 3.20. The SMILES string of the molecule is CCCCNC(=S)Nc1cccc2ccccc12. The summed E-state index contributed by atoms with van der Waals surface area (Å²) in [6.07, 6.45) is 2.31. The Hall–Kier alpha value is -1.61. The number of hydrogen-bond donors (Lipinski definition) is 2. The predicted molar refractivity (Wildman–Crippen MR) is 83.1 cm³/mol. The van der Waals surface area contributed by atoms with E-state index >= 15 is 0 Å². The Bertz CT molecular complexity index is 532. The second-order valence-electron chi connectivity index (χ2n) is 4.26. The zero-order chi connectivity index (χ0) is 12.8. The van der Waals surface area contributed by atoms with E-state index in [-0.39, 0.29) is 0 Å². The smallest absolute Gasteiger partial charge is 0.170 e. The quantitative estimate of drug-likeness (QED) is 0.642. The van der Waals surface area contributed by atoms with E-state index in [1.165, 1.54) is 17.2 Å². The van der Waals surface area contributed by atoms with E-state index in [0.29, 0.717) is 5.11 Å². The average molecular weight is 258 g/mol. The summed E-state index contributed by atoms with van der Waals surface area (Å²) in [5.41, 5.74) is 1.06. The number of nitrogens with one attached hydrogen (secondary N) is 2. The van der Waals surface area contributed by atoms with Gasteiger partial charge in [-0.3, -0.25) is 0 Å². The predicted octanol–water partition coefficient (Wildman–Crippen LogP) is 3.93. The topological polar surface area (TPSA) is 24.1 Å². The first-order valence-corrected chi connectivity index (χ1v) is 6.74. The zero-order valence-electron chi connectivity index (χ0n) is 10.6. The van der Waals surface area contributed by atoms with Crippen molar-refractivity contribution < 1.29 is 0 Å². The van der Waals surface area contributed by atoms with Crippen LogP contribution in [0, 0.1) is 0 Å². The molecule has 0 aliphatic carbocycles. The lowest BCUT2D eigenvalue weighted by atomic mass is 10.1. The number of thiocarbonyl (C=S) groups is 1. The maximum Gasteiger partial charge on any atom is 0.170 e. The molecule has 94 valence electrons. The van der Waals surface area contributed by atoms with Crippen LogP contribution in [0.5, 0.6) is 0 Å². The Morgan fingerprint density at radius 3 is 2.72 bits per heavy atom. The molecule has 3 heteroatoms. The van der Waals surface area contributed by atoms with E-state index in [2.05, 4.69) is 41.8 Å². The van der Waals surface area contributed by atoms with Crippen molar-refractivity contribution in [3.8, 4) is 0 Å². The monoisotopic (exact) mass is 258 g/mol. The van der Waals surface area contributed by atoms with E-state index in [9.17, 15) is 0 Å². The molecule has 0 aromatic heterocycles. The minimum atomic E-state index is 0.694. The molecule has 2 aromatic rings. The Morgan fingerprint density at radius 2 is 1.89 bits per heavy atom. The van der Waals surface area contributed by atoms with Crippen molar-refractivity contribution in [1.82, 2.24) is 5.32 Å². The van der Waals surface area contributed by atoms with Gasteiger partial charge in [-0.1, -0.05) is 49.7 Å². The Morgan fingerprint density at radius 1 is 1.11 bits per heavy atom. The van der Waals surface area contributed by atoms with Crippen LogP contribution < -0.4 is 10.6 Å². The van der Waals surface area contributed by atoms with Crippen LogP contribution in [0.25, 0.3) is 10.8 Å². The Balaban J connectivity index is 2.09. The molecule has 0 spiro atoms. The molecule has 2 aromatic carbocycles. The van der Waals surface area contributed by atoms with E-state index in [4.69, 9.17) is 12.2 Å². The average Bonchev–Trinajstić information content (AvgIpc) is 2.39. The molecular weight excluding hydrogens is 240 g/mol. The van der Waals surface area contributed by atoms with E-state index in [0.717, 1.165) is 18.7 Å². The Kier molecular flexibility index (Phi) is 4.53. The fraction of sp³-hybridized carbons (Fsp3) is 0.267. The second kappa shape index (κ2) is 6.36. The van der Waals surface area contributed by atoms with Gasteiger partial charge in [-0.25, -0.2) is 0 Å². The van der Waals surface area contributed by atoms with E-state index in [1.807, 2.05) is 18.2 Å². The number of benzene rings is 2. The van der Waals surface area contributed by atoms with Gasteiger partial charge in [0, 0.05) is 17.6 Å². The van der Waals surface area contributed by atoms with Crippen LogP contribution in [0.1, 0.15) is 19.8 Å². The van der Waals surface area contributed by atoms with Crippen LogP contribution in [0.2, 0.25) is 0 Å². The minimum Gasteiger partial charge on any atom is -0.362 e. The van der Waals surface area contributed by atoms with Crippen LogP contribution in [-0.2, 0) is 0 Å². The third-order valence-electron chi connectivity index (χ3n) is 2.85. The summed E-state index contributed by atoms with van der Waals surface area (Å²) in [6, 6.07) is 14.5. The molecule has 18 heavy (non-hydrogen) atoms. The molecule has 2 nitrogen and oxygen atoms in total. The van der Waals surface area contributed by atoms with Crippen LogP contribution >= 0.6 is 12.2 Å². The highest BCUT2D eigenvalue weighted by molar-refractivity contribution is 7.80. The molecule has 2 N–H and O–H groups in total. The van der Waals surface area contributed by atoms with Crippen LogP contribution in [0.3, 0.4) is 0 Å². The molecular formula is C15H18N2S. The molecule has 0 radical (unpaired) electrons. The number of unbranched alkanes of at least 4 members (excludes halogenated alkanes) is 1. The van der Waals surface area contributed by atoms with Crippen molar-refractivity contribution in [3.05, 3.63) is 42.5 Å². The summed E-state index contributed by atoms with van der Waals surface area (Å²) < 4.78 is 0. The Labute approximate surface area is 113 Å². The van der Waals surface area contributed by atoms with Gasteiger partial charge in [-0.05, 0) is 30.1 Å². The van der Waals surface area contributed by atoms with E-state index < -0.39 is 0 Å². The molecule has 0 bridgehead atoms. The van der Waals surface area contributed by atoms with Crippen molar-refractivity contribution in [2.24, 2.45) is 0 Å². The van der Waals surface area contributed by atoms with Crippen molar-refractivity contribution in [2.45, 2.75) is 19.8 Å². The normalized spacial score (nSPS) is 10.3. The van der Waals surface area contributed by atoms with Crippen LogP contribution in [0.15, 0.2) is 42.5 Å². The number of anilines is 1. The molecule has 0 unspecified atom stereocenters. The van der Waals surface area contributed by atoms with Gasteiger partial charge in [-0.2, -0.15) is 0 Å². The molecule has 0 heterocycles. The molecule has 0 saturated heterocycles. The summed E-state index contributed by atoms with van der Waals surface area (Å²) in [5.74, 6) is 0. The van der Waals surface area contributed by atoms with Crippen LogP contribution in [-0.4, -0.2) is 11.7 Å². The first kappa shape index (κ1) is 12.8. The maximum atomic E-state index is 5.29. The standard InChI is InChI=1S/C15H18N2S/c1-2-3-11-16-15(18)17-14-10-6-8-12-7-4-5-9-13(12)14/h4-10H,2-3,11H2,1H3,(H2,16,17,18). The molecule has 0 atom stereocenters. The highest BCUT2D eigenvalue weighted by Gasteiger charge is 2.01. The lowest BCUT2D eigenvalue weighted by Gasteiger charge is -2.12. The van der Waals surface area contributed by atoms with Gasteiger partial charge < -0.3 is 10.6 Å². The van der Waals surface area contributed by atoms with Gasteiger partial charge in [-0.15, -0.1) is 0 Å². The first-order valence-electron chi connectivity index (χ1n) is 6.34.